The van der Waals surface area contributed by atoms with Gasteiger partial charge in [0.05, 0.1) is 18.5 Å². The molecular weight excluding hydrogens is 236 g/mol. The van der Waals surface area contributed by atoms with E-state index in [4.69, 9.17) is 5.11 Å². The highest BCUT2D eigenvalue weighted by Crippen LogP contribution is 2.05. The van der Waals surface area contributed by atoms with E-state index < -0.39 is 5.97 Å². The molecule has 0 aliphatic carbocycles. The van der Waals surface area contributed by atoms with Gasteiger partial charge in [0.15, 0.2) is 0 Å². The Morgan fingerprint density at radius 3 is 2.72 bits per heavy atom. The summed E-state index contributed by atoms with van der Waals surface area (Å²) in [4.78, 5) is 24.1. The standard InChI is InChI=1S/C12H18N2O4/c1-9(2)8-14(5-3-12(16)17)11(15)7-10-4-6-18-13-10/h4,6,9H,3,5,7-8H2,1-2H3,(H,16,17). The zero-order valence-electron chi connectivity index (χ0n) is 10.6. The Labute approximate surface area is 106 Å². The largest absolute Gasteiger partial charge is 0.481 e. The summed E-state index contributed by atoms with van der Waals surface area (Å²) >= 11 is 0. The SMILES string of the molecule is CC(C)CN(CCC(=O)O)C(=O)Cc1ccon1. The molecule has 1 amide bonds. The number of nitrogens with zero attached hydrogens (tertiary/aromatic N) is 2. The van der Waals surface area contributed by atoms with Crippen molar-refractivity contribution in [2.24, 2.45) is 5.92 Å². The molecule has 0 aliphatic rings. The molecule has 0 radical (unpaired) electrons. The Kier molecular flexibility index (Phi) is 5.35. The molecular formula is C12H18N2O4. The van der Waals surface area contributed by atoms with Gasteiger partial charge in [0, 0.05) is 19.2 Å². The first-order valence-electron chi connectivity index (χ1n) is 5.88. The van der Waals surface area contributed by atoms with Gasteiger partial charge < -0.3 is 14.5 Å². The quantitative estimate of drug-likeness (QED) is 0.789. The van der Waals surface area contributed by atoms with Gasteiger partial charge >= 0.3 is 5.97 Å². The first kappa shape index (κ1) is 14.2. The lowest BCUT2D eigenvalue weighted by atomic mass is 10.2. The lowest BCUT2D eigenvalue weighted by Gasteiger charge is -2.23. The number of aromatic nitrogens is 1. The molecule has 0 fully saturated rings. The van der Waals surface area contributed by atoms with Gasteiger partial charge in [0.25, 0.3) is 0 Å². The molecule has 18 heavy (non-hydrogen) atoms. The first-order chi connectivity index (χ1) is 8.49. The summed E-state index contributed by atoms with van der Waals surface area (Å²) in [6.45, 7) is 4.74. The molecule has 0 spiro atoms. The van der Waals surface area contributed by atoms with Gasteiger partial charge in [-0.15, -0.1) is 0 Å². The second-order valence-corrected chi connectivity index (χ2v) is 4.54. The molecule has 0 bridgehead atoms. The van der Waals surface area contributed by atoms with Gasteiger partial charge in [0.2, 0.25) is 5.91 Å². The van der Waals surface area contributed by atoms with Gasteiger partial charge in [-0.2, -0.15) is 0 Å². The minimum Gasteiger partial charge on any atom is -0.481 e. The lowest BCUT2D eigenvalue weighted by molar-refractivity contribution is -0.138. The number of hydrogen-bond donors (Lipinski definition) is 1. The van der Waals surface area contributed by atoms with Crippen LogP contribution in [0.1, 0.15) is 26.0 Å². The highest BCUT2D eigenvalue weighted by molar-refractivity contribution is 5.79. The second kappa shape index (κ2) is 6.78. The van der Waals surface area contributed by atoms with E-state index in [9.17, 15) is 9.59 Å². The van der Waals surface area contributed by atoms with Crippen molar-refractivity contribution in [1.82, 2.24) is 10.1 Å². The second-order valence-electron chi connectivity index (χ2n) is 4.54. The van der Waals surface area contributed by atoms with Crippen LogP contribution >= 0.6 is 0 Å². The molecule has 1 N–H and O–H groups in total. The lowest BCUT2D eigenvalue weighted by Crippen LogP contribution is -2.37. The van der Waals surface area contributed by atoms with E-state index in [0.717, 1.165) is 0 Å². The number of amides is 1. The molecule has 0 saturated carbocycles. The van der Waals surface area contributed by atoms with Crippen molar-refractivity contribution < 1.29 is 19.2 Å². The maximum Gasteiger partial charge on any atom is 0.305 e. The Morgan fingerprint density at radius 2 is 2.22 bits per heavy atom. The minimum atomic E-state index is -0.905. The fraction of sp³-hybridized carbons (Fsp3) is 0.583. The van der Waals surface area contributed by atoms with E-state index in [0.29, 0.717) is 18.2 Å². The van der Waals surface area contributed by atoms with Crippen molar-refractivity contribution in [3.8, 4) is 0 Å². The first-order valence-corrected chi connectivity index (χ1v) is 5.88. The van der Waals surface area contributed by atoms with E-state index in [1.165, 1.54) is 6.26 Å². The molecule has 0 saturated heterocycles. The van der Waals surface area contributed by atoms with Crippen LogP contribution in [0.5, 0.6) is 0 Å². The highest BCUT2D eigenvalue weighted by atomic mass is 16.5. The summed E-state index contributed by atoms with van der Waals surface area (Å²) in [7, 11) is 0. The van der Waals surface area contributed by atoms with E-state index >= 15 is 0 Å². The van der Waals surface area contributed by atoms with Crippen molar-refractivity contribution >= 4 is 11.9 Å². The van der Waals surface area contributed by atoms with Gasteiger partial charge in [0.1, 0.15) is 6.26 Å². The van der Waals surface area contributed by atoms with Crippen LogP contribution in [0, 0.1) is 5.92 Å². The third-order valence-corrected chi connectivity index (χ3v) is 2.36. The normalized spacial score (nSPS) is 10.6. The smallest absolute Gasteiger partial charge is 0.305 e. The number of carbonyl (C=O) groups excluding carboxylic acids is 1. The number of carbonyl (C=O) groups is 2. The molecule has 0 unspecified atom stereocenters. The molecule has 6 nitrogen and oxygen atoms in total. The third-order valence-electron chi connectivity index (χ3n) is 2.36. The Bertz CT molecular complexity index is 387. The van der Waals surface area contributed by atoms with Crippen LogP contribution in [-0.4, -0.2) is 40.1 Å². The summed E-state index contributed by atoms with van der Waals surface area (Å²) in [5, 5.41) is 12.3. The van der Waals surface area contributed by atoms with Crippen molar-refractivity contribution in [3.63, 3.8) is 0 Å². The topological polar surface area (TPSA) is 83.6 Å². The van der Waals surface area contributed by atoms with Crippen molar-refractivity contribution in [1.29, 1.82) is 0 Å². The van der Waals surface area contributed by atoms with Gasteiger partial charge in [-0.25, -0.2) is 0 Å². The maximum absolute atomic E-state index is 12.0. The number of rotatable bonds is 7. The number of aliphatic carboxylic acids is 1. The molecule has 1 aromatic heterocycles. The van der Waals surface area contributed by atoms with Gasteiger partial charge in [-0.1, -0.05) is 19.0 Å². The zero-order valence-corrected chi connectivity index (χ0v) is 10.6. The number of hydrogen-bond acceptors (Lipinski definition) is 4. The Hall–Kier alpha value is -1.85. The summed E-state index contributed by atoms with van der Waals surface area (Å²) in [6.07, 6.45) is 1.51. The summed E-state index contributed by atoms with van der Waals surface area (Å²) in [6, 6.07) is 1.63. The average molecular weight is 254 g/mol. The molecule has 1 aromatic rings. The Balaban J connectivity index is 2.57. The predicted octanol–water partition coefficient (Wildman–Crippen LogP) is 1.18. The monoisotopic (exact) mass is 254 g/mol. The van der Waals surface area contributed by atoms with Crippen molar-refractivity contribution in [3.05, 3.63) is 18.0 Å². The van der Waals surface area contributed by atoms with Crippen molar-refractivity contribution in [2.75, 3.05) is 13.1 Å². The Morgan fingerprint density at radius 1 is 1.50 bits per heavy atom. The van der Waals surface area contributed by atoms with Crippen LogP contribution in [0.15, 0.2) is 16.9 Å². The number of carboxylic acids is 1. The van der Waals surface area contributed by atoms with Crippen LogP contribution in [-0.2, 0) is 16.0 Å². The zero-order chi connectivity index (χ0) is 13.5. The van der Waals surface area contributed by atoms with Crippen LogP contribution in [0.3, 0.4) is 0 Å². The summed E-state index contributed by atoms with van der Waals surface area (Å²) in [5.74, 6) is -0.739. The van der Waals surface area contributed by atoms with Crippen molar-refractivity contribution in [2.45, 2.75) is 26.7 Å². The molecule has 6 heteroatoms. The molecule has 0 aromatic carbocycles. The third kappa shape index (κ3) is 4.99. The van der Waals surface area contributed by atoms with E-state index in [2.05, 4.69) is 9.68 Å². The van der Waals surface area contributed by atoms with Crippen LogP contribution < -0.4 is 0 Å². The molecule has 0 atom stereocenters. The molecule has 1 rings (SSSR count). The molecule has 1 heterocycles. The van der Waals surface area contributed by atoms with E-state index in [-0.39, 0.29) is 25.3 Å². The van der Waals surface area contributed by atoms with Crippen LogP contribution in [0.4, 0.5) is 0 Å². The number of carboxylic acid groups (broad SMARTS) is 1. The fourth-order valence-corrected chi connectivity index (χ4v) is 1.58. The minimum absolute atomic E-state index is 0.0444. The fourth-order valence-electron chi connectivity index (χ4n) is 1.58. The van der Waals surface area contributed by atoms with E-state index in [1.54, 1.807) is 11.0 Å². The molecule has 100 valence electrons. The van der Waals surface area contributed by atoms with Crippen LogP contribution in [0.2, 0.25) is 0 Å². The van der Waals surface area contributed by atoms with E-state index in [1.807, 2.05) is 13.8 Å². The molecule has 0 aliphatic heterocycles. The summed E-state index contributed by atoms with van der Waals surface area (Å²) in [5.41, 5.74) is 0.559. The maximum atomic E-state index is 12.0. The average Bonchev–Trinajstić information content (AvgIpc) is 2.76. The predicted molar refractivity (Wildman–Crippen MR) is 63.9 cm³/mol. The highest BCUT2D eigenvalue weighted by Gasteiger charge is 2.17. The van der Waals surface area contributed by atoms with Gasteiger partial charge in [-0.05, 0) is 5.92 Å². The van der Waals surface area contributed by atoms with Crippen LogP contribution in [0.25, 0.3) is 0 Å². The van der Waals surface area contributed by atoms with Gasteiger partial charge in [-0.3, -0.25) is 9.59 Å². The summed E-state index contributed by atoms with van der Waals surface area (Å²) < 4.78 is 4.66.